The molecule has 1 aromatic carbocycles. The Kier molecular flexibility index (Phi) is 4.01. The number of carbonyl (C=O) groups is 1. The fraction of sp³-hybridized carbons (Fsp3) is 0.333. The second kappa shape index (κ2) is 5.07. The average Bonchev–Trinajstić information content (AvgIpc) is 2.26. The third kappa shape index (κ3) is 2.39. The molecule has 0 fully saturated rings. The first-order valence-corrected chi connectivity index (χ1v) is 5.29. The predicted octanol–water partition coefficient (Wildman–Crippen LogP) is 2.02. The largest absolute Gasteiger partial charge is 0.465 e. The van der Waals surface area contributed by atoms with Gasteiger partial charge in [0.1, 0.15) is 4.99 Å². The summed E-state index contributed by atoms with van der Waals surface area (Å²) in [6, 6.07) is 5.48. The zero-order chi connectivity index (χ0) is 12.3. The van der Waals surface area contributed by atoms with E-state index in [-0.39, 0.29) is 5.97 Å². The average molecular weight is 237 g/mol. The van der Waals surface area contributed by atoms with E-state index in [2.05, 4.69) is 0 Å². The number of hydrogen-bond donors (Lipinski definition) is 0. The first-order chi connectivity index (χ1) is 7.49. The molecule has 0 atom stereocenters. The van der Waals surface area contributed by atoms with E-state index in [1.165, 1.54) is 7.11 Å². The van der Waals surface area contributed by atoms with E-state index in [0.29, 0.717) is 10.6 Å². The minimum Gasteiger partial charge on any atom is -0.465 e. The number of rotatable bonds is 2. The first kappa shape index (κ1) is 12.6. The third-order valence-corrected chi connectivity index (χ3v) is 2.87. The normalized spacial score (nSPS) is 9.75. The molecular weight excluding hydrogens is 222 g/mol. The van der Waals surface area contributed by atoms with Crippen molar-refractivity contribution in [3.8, 4) is 0 Å². The van der Waals surface area contributed by atoms with E-state index in [4.69, 9.17) is 17.0 Å². The Bertz CT molecular complexity index is 427. The standard InChI is InChI=1S/C12H15NO2S/c1-8-6-5-7-9(12(14)15-4)10(8)11(16)13(2)3/h5-7H,1-4H3. The molecule has 0 saturated heterocycles. The fourth-order valence-electron chi connectivity index (χ4n) is 1.46. The highest BCUT2D eigenvalue weighted by atomic mass is 32.1. The highest BCUT2D eigenvalue weighted by Crippen LogP contribution is 2.17. The Morgan fingerprint density at radius 3 is 2.50 bits per heavy atom. The van der Waals surface area contributed by atoms with E-state index in [1.54, 1.807) is 6.07 Å². The molecule has 0 heterocycles. The Morgan fingerprint density at radius 1 is 1.38 bits per heavy atom. The molecule has 0 aliphatic rings. The summed E-state index contributed by atoms with van der Waals surface area (Å²) in [6.45, 7) is 1.93. The maximum Gasteiger partial charge on any atom is 0.338 e. The smallest absolute Gasteiger partial charge is 0.338 e. The van der Waals surface area contributed by atoms with Gasteiger partial charge in [-0.25, -0.2) is 4.79 Å². The molecule has 4 heteroatoms. The van der Waals surface area contributed by atoms with Crippen LogP contribution in [0.25, 0.3) is 0 Å². The van der Waals surface area contributed by atoms with Gasteiger partial charge in [-0.15, -0.1) is 0 Å². The van der Waals surface area contributed by atoms with E-state index in [0.717, 1.165) is 11.1 Å². The summed E-state index contributed by atoms with van der Waals surface area (Å²) >= 11 is 5.30. The Balaban J connectivity index is 3.35. The van der Waals surface area contributed by atoms with Gasteiger partial charge in [0.05, 0.1) is 12.7 Å². The lowest BCUT2D eigenvalue weighted by atomic mass is 10.0. The van der Waals surface area contributed by atoms with Crippen LogP contribution in [-0.4, -0.2) is 37.1 Å². The molecule has 0 aromatic heterocycles. The van der Waals surface area contributed by atoms with Crippen molar-refractivity contribution in [2.24, 2.45) is 0 Å². The Morgan fingerprint density at radius 2 is 2.00 bits per heavy atom. The van der Waals surface area contributed by atoms with E-state index in [1.807, 2.05) is 38.1 Å². The van der Waals surface area contributed by atoms with E-state index >= 15 is 0 Å². The van der Waals surface area contributed by atoms with Gasteiger partial charge in [-0.1, -0.05) is 24.4 Å². The minimum absolute atomic E-state index is 0.358. The van der Waals surface area contributed by atoms with Crippen LogP contribution in [0, 0.1) is 6.92 Å². The van der Waals surface area contributed by atoms with Gasteiger partial charge in [-0.2, -0.15) is 0 Å². The Labute approximate surface area is 101 Å². The molecule has 0 bridgehead atoms. The highest BCUT2D eigenvalue weighted by molar-refractivity contribution is 7.80. The van der Waals surface area contributed by atoms with Gasteiger partial charge in [0, 0.05) is 19.7 Å². The van der Waals surface area contributed by atoms with Crippen molar-refractivity contribution < 1.29 is 9.53 Å². The third-order valence-electron chi connectivity index (χ3n) is 2.30. The van der Waals surface area contributed by atoms with Crippen LogP contribution in [0.5, 0.6) is 0 Å². The maximum absolute atomic E-state index is 11.6. The van der Waals surface area contributed by atoms with E-state index < -0.39 is 0 Å². The Hall–Kier alpha value is -1.42. The number of methoxy groups -OCH3 is 1. The lowest BCUT2D eigenvalue weighted by Crippen LogP contribution is -2.24. The first-order valence-electron chi connectivity index (χ1n) is 4.88. The molecule has 16 heavy (non-hydrogen) atoms. The summed E-state index contributed by atoms with van der Waals surface area (Å²) in [6.07, 6.45) is 0. The van der Waals surface area contributed by atoms with Crippen LogP contribution >= 0.6 is 12.2 Å². The molecular formula is C12H15NO2S. The molecule has 3 nitrogen and oxygen atoms in total. The molecule has 1 aromatic rings. The number of benzene rings is 1. The SMILES string of the molecule is COC(=O)c1cccc(C)c1C(=S)N(C)C. The number of esters is 1. The number of hydrogen-bond acceptors (Lipinski definition) is 3. The van der Waals surface area contributed by atoms with Crippen LogP contribution in [0.3, 0.4) is 0 Å². The summed E-state index contributed by atoms with van der Waals surface area (Å²) in [5, 5.41) is 0. The molecule has 0 spiro atoms. The number of aryl methyl sites for hydroxylation is 1. The molecule has 0 aliphatic heterocycles. The lowest BCUT2D eigenvalue weighted by molar-refractivity contribution is 0.0600. The zero-order valence-electron chi connectivity index (χ0n) is 9.90. The lowest BCUT2D eigenvalue weighted by Gasteiger charge is -2.18. The summed E-state index contributed by atoms with van der Waals surface area (Å²) in [4.78, 5) is 14.1. The van der Waals surface area contributed by atoms with Crippen molar-refractivity contribution in [2.75, 3.05) is 21.2 Å². The van der Waals surface area contributed by atoms with Gasteiger partial charge in [-0.05, 0) is 18.6 Å². The topological polar surface area (TPSA) is 29.5 Å². The molecule has 0 amide bonds. The van der Waals surface area contributed by atoms with Crippen LogP contribution in [-0.2, 0) is 4.74 Å². The highest BCUT2D eigenvalue weighted by Gasteiger charge is 2.17. The van der Waals surface area contributed by atoms with Gasteiger partial charge in [0.2, 0.25) is 0 Å². The van der Waals surface area contributed by atoms with Crippen LogP contribution in [0.4, 0.5) is 0 Å². The van der Waals surface area contributed by atoms with Crippen LogP contribution in [0.15, 0.2) is 18.2 Å². The van der Waals surface area contributed by atoms with Crippen molar-refractivity contribution >= 4 is 23.2 Å². The summed E-state index contributed by atoms with van der Waals surface area (Å²) in [5.74, 6) is -0.358. The second-order valence-corrected chi connectivity index (χ2v) is 4.08. The van der Waals surface area contributed by atoms with Crippen molar-refractivity contribution in [3.63, 3.8) is 0 Å². The van der Waals surface area contributed by atoms with Crippen LogP contribution in [0.1, 0.15) is 21.5 Å². The second-order valence-electron chi connectivity index (χ2n) is 3.69. The fourth-order valence-corrected chi connectivity index (χ4v) is 1.73. The van der Waals surface area contributed by atoms with Crippen molar-refractivity contribution in [3.05, 3.63) is 34.9 Å². The van der Waals surface area contributed by atoms with Gasteiger partial charge < -0.3 is 9.64 Å². The molecule has 0 N–H and O–H groups in total. The quantitative estimate of drug-likeness (QED) is 0.581. The zero-order valence-corrected chi connectivity index (χ0v) is 10.7. The molecule has 86 valence electrons. The number of ether oxygens (including phenoxy) is 1. The van der Waals surface area contributed by atoms with Crippen molar-refractivity contribution in [2.45, 2.75) is 6.92 Å². The van der Waals surface area contributed by atoms with Crippen LogP contribution < -0.4 is 0 Å². The molecule has 0 unspecified atom stereocenters. The number of nitrogens with zero attached hydrogens (tertiary/aromatic N) is 1. The van der Waals surface area contributed by atoms with Crippen molar-refractivity contribution in [1.29, 1.82) is 0 Å². The van der Waals surface area contributed by atoms with Crippen LogP contribution in [0.2, 0.25) is 0 Å². The summed E-state index contributed by atoms with van der Waals surface area (Å²) in [7, 11) is 5.08. The molecule has 1 rings (SSSR count). The van der Waals surface area contributed by atoms with E-state index in [9.17, 15) is 4.79 Å². The summed E-state index contributed by atoms with van der Waals surface area (Å²) in [5.41, 5.74) is 2.26. The molecule has 0 aliphatic carbocycles. The van der Waals surface area contributed by atoms with Gasteiger partial charge >= 0.3 is 5.97 Å². The number of carbonyl (C=O) groups excluding carboxylic acids is 1. The molecule has 0 saturated carbocycles. The summed E-state index contributed by atoms with van der Waals surface area (Å²) < 4.78 is 4.74. The van der Waals surface area contributed by atoms with Gasteiger partial charge in [-0.3, -0.25) is 0 Å². The van der Waals surface area contributed by atoms with Gasteiger partial charge in [0.15, 0.2) is 0 Å². The predicted molar refractivity (Wildman–Crippen MR) is 67.9 cm³/mol. The maximum atomic E-state index is 11.6. The van der Waals surface area contributed by atoms with Gasteiger partial charge in [0.25, 0.3) is 0 Å². The van der Waals surface area contributed by atoms with Crippen molar-refractivity contribution in [1.82, 2.24) is 4.90 Å². The minimum atomic E-state index is -0.358. The monoisotopic (exact) mass is 237 g/mol. The number of thiocarbonyl (C=S) groups is 1. The molecule has 0 radical (unpaired) electrons.